The Hall–Kier alpha value is -0.260. The van der Waals surface area contributed by atoms with E-state index < -0.39 is 11.4 Å². The molecular weight excluding hydrogens is 212 g/mol. The molecule has 88 valence electrons. The Bertz CT molecular complexity index is 215. The summed E-state index contributed by atoms with van der Waals surface area (Å²) in [6.07, 6.45) is 2.84. The molecule has 1 unspecified atom stereocenters. The molecule has 1 heterocycles. The normalized spacial score (nSPS) is 22.3. The number of carbonyl (C=O) groups is 1. The summed E-state index contributed by atoms with van der Waals surface area (Å²) in [5, 5.41) is 0.655. The van der Waals surface area contributed by atoms with E-state index in [0.29, 0.717) is 11.7 Å². The van der Waals surface area contributed by atoms with Crippen LogP contribution in [-0.2, 0) is 9.53 Å². The minimum absolute atomic E-state index is 0.421. The summed E-state index contributed by atoms with van der Waals surface area (Å²) in [4.78, 5) is 11.0. The summed E-state index contributed by atoms with van der Waals surface area (Å²) in [7, 11) is 0. The van der Waals surface area contributed by atoms with Gasteiger partial charge in [0.25, 0.3) is 0 Å². The van der Waals surface area contributed by atoms with E-state index in [-0.39, 0.29) is 0 Å². The lowest BCUT2D eigenvalue weighted by Gasteiger charge is -2.24. The van der Waals surface area contributed by atoms with Gasteiger partial charge in [0.2, 0.25) is 5.91 Å². The van der Waals surface area contributed by atoms with Crippen LogP contribution in [0.2, 0.25) is 0 Å². The molecule has 4 nitrogen and oxygen atoms in total. The SMILES string of the molecule is CC(N)(CCSC1CCOCC1)C(N)=O. The monoisotopic (exact) mass is 232 g/mol. The number of hydrogen-bond donors (Lipinski definition) is 2. The van der Waals surface area contributed by atoms with E-state index in [2.05, 4.69) is 0 Å². The number of nitrogens with two attached hydrogens (primary N) is 2. The third kappa shape index (κ3) is 4.40. The predicted octanol–water partition coefficient (Wildman–Crippen LogP) is 0.491. The van der Waals surface area contributed by atoms with Gasteiger partial charge in [0.05, 0.1) is 5.54 Å². The van der Waals surface area contributed by atoms with Crippen molar-refractivity contribution in [2.24, 2.45) is 11.5 Å². The number of amides is 1. The minimum atomic E-state index is -0.863. The fraction of sp³-hybridized carbons (Fsp3) is 0.900. The van der Waals surface area contributed by atoms with Crippen LogP contribution in [-0.4, -0.2) is 35.7 Å². The topological polar surface area (TPSA) is 78.3 Å². The highest BCUT2D eigenvalue weighted by Gasteiger charge is 2.25. The second-order valence-corrected chi connectivity index (χ2v) is 5.62. The van der Waals surface area contributed by atoms with Crippen LogP contribution in [0.5, 0.6) is 0 Å². The van der Waals surface area contributed by atoms with Gasteiger partial charge in [0.15, 0.2) is 0 Å². The molecule has 0 aromatic rings. The predicted molar refractivity (Wildman–Crippen MR) is 62.7 cm³/mol. The molecule has 1 amide bonds. The molecule has 0 aromatic carbocycles. The fourth-order valence-electron chi connectivity index (χ4n) is 1.40. The van der Waals surface area contributed by atoms with Crippen molar-refractivity contribution in [3.8, 4) is 0 Å². The number of rotatable bonds is 5. The summed E-state index contributed by atoms with van der Waals surface area (Å²) in [6.45, 7) is 3.40. The third-order valence-corrected chi connectivity index (χ3v) is 4.09. The third-order valence-electron chi connectivity index (χ3n) is 2.71. The first kappa shape index (κ1) is 12.8. The lowest BCUT2D eigenvalue weighted by molar-refractivity contribution is -0.122. The zero-order valence-corrected chi connectivity index (χ0v) is 10.0. The second kappa shape index (κ2) is 5.72. The molecule has 1 fully saturated rings. The molecule has 0 bridgehead atoms. The molecule has 1 atom stereocenters. The fourth-order valence-corrected chi connectivity index (χ4v) is 2.80. The zero-order chi connectivity index (χ0) is 11.3. The maximum atomic E-state index is 11.0. The lowest BCUT2D eigenvalue weighted by atomic mass is 10.0. The van der Waals surface area contributed by atoms with Crippen LogP contribution in [0.1, 0.15) is 26.2 Å². The molecule has 0 spiro atoms. The van der Waals surface area contributed by atoms with Gasteiger partial charge in [-0.1, -0.05) is 0 Å². The average molecular weight is 232 g/mol. The standard InChI is InChI=1S/C10H20N2O2S/c1-10(12,9(11)13)4-7-15-8-2-5-14-6-3-8/h8H,2-7,12H2,1H3,(H2,11,13). The number of carbonyl (C=O) groups excluding carboxylic acids is 1. The van der Waals surface area contributed by atoms with Crippen molar-refractivity contribution in [2.45, 2.75) is 37.0 Å². The Morgan fingerprint density at radius 1 is 1.53 bits per heavy atom. The summed E-state index contributed by atoms with van der Waals surface area (Å²) >= 11 is 1.87. The molecule has 0 radical (unpaired) electrons. The van der Waals surface area contributed by atoms with Gasteiger partial charge in [-0.05, 0) is 31.9 Å². The van der Waals surface area contributed by atoms with Gasteiger partial charge >= 0.3 is 0 Å². The molecule has 4 N–H and O–H groups in total. The smallest absolute Gasteiger partial charge is 0.237 e. The number of ether oxygens (including phenoxy) is 1. The molecule has 0 saturated carbocycles. The summed E-state index contributed by atoms with van der Waals surface area (Å²) in [5.74, 6) is 0.468. The Balaban J connectivity index is 2.17. The maximum absolute atomic E-state index is 11.0. The van der Waals surface area contributed by atoms with Gasteiger partial charge in [0, 0.05) is 18.5 Å². The minimum Gasteiger partial charge on any atom is -0.381 e. The lowest BCUT2D eigenvalue weighted by Crippen LogP contribution is -2.49. The van der Waals surface area contributed by atoms with Gasteiger partial charge < -0.3 is 16.2 Å². The van der Waals surface area contributed by atoms with Crippen LogP contribution in [0.25, 0.3) is 0 Å². The number of primary amides is 1. The molecule has 5 heteroatoms. The van der Waals surface area contributed by atoms with E-state index >= 15 is 0 Å². The van der Waals surface area contributed by atoms with Crippen LogP contribution >= 0.6 is 11.8 Å². The Morgan fingerprint density at radius 2 is 2.13 bits per heavy atom. The zero-order valence-electron chi connectivity index (χ0n) is 9.20. The first-order chi connectivity index (χ1) is 7.02. The van der Waals surface area contributed by atoms with Gasteiger partial charge in [-0.15, -0.1) is 0 Å². The first-order valence-electron chi connectivity index (χ1n) is 5.30. The highest BCUT2D eigenvalue weighted by Crippen LogP contribution is 2.24. The van der Waals surface area contributed by atoms with Gasteiger partial charge in [-0.25, -0.2) is 0 Å². The van der Waals surface area contributed by atoms with Crippen LogP contribution in [0, 0.1) is 0 Å². The van der Waals surface area contributed by atoms with E-state index in [1.165, 1.54) is 0 Å². The average Bonchev–Trinajstić information content (AvgIpc) is 2.19. The van der Waals surface area contributed by atoms with Crippen molar-refractivity contribution in [1.29, 1.82) is 0 Å². The van der Waals surface area contributed by atoms with Gasteiger partial charge in [-0.3, -0.25) is 4.79 Å². The Labute approximate surface area is 95.1 Å². The highest BCUT2D eigenvalue weighted by molar-refractivity contribution is 7.99. The molecule has 15 heavy (non-hydrogen) atoms. The van der Waals surface area contributed by atoms with Crippen molar-refractivity contribution in [3.63, 3.8) is 0 Å². The van der Waals surface area contributed by atoms with E-state index in [0.717, 1.165) is 31.8 Å². The molecule has 1 rings (SSSR count). The van der Waals surface area contributed by atoms with Crippen LogP contribution in [0.4, 0.5) is 0 Å². The molecule has 0 aromatic heterocycles. The highest BCUT2D eigenvalue weighted by atomic mass is 32.2. The van der Waals surface area contributed by atoms with Crippen LogP contribution in [0.15, 0.2) is 0 Å². The van der Waals surface area contributed by atoms with Crippen molar-refractivity contribution in [2.75, 3.05) is 19.0 Å². The summed E-state index contributed by atoms with van der Waals surface area (Å²) < 4.78 is 5.27. The van der Waals surface area contributed by atoms with Gasteiger partial charge in [-0.2, -0.15) is 11.8 Å². The quantitative estimate of drug-likeness (QED) is 0.723. The summed E-state index contributed by atoms with van der Waals surface area (Å²) in [6, 6.07) is 0. The van der Waals surface area contributed by atoms with E-state index in [4.69, 9.17) is 16.2 Å². The van der Waals surface area contributed by atoms with E-state index in [1.807, 2.05) is 11.8 Å². The second-order valence-electron chi connectivity index (χ2n) is 4.21. The molecule has 0 aliphatic carbocycles. The molecule has 1 aliphatic rings. The maximum Gasteiger partial charge on any atom is 0.237 e. The van der Waals surface area contributed by atoms with Crippen molar-refractivity contribution in [1.82, 2.24) is 0 Å². The van der Waals surface area contributed by atoms with Crippen molar-refractivity contribution < 1.29 is 9.53 Å². The molecular formula is C10H20N2O2S. The molecule has 1 saturated heterocycles. The Morgan fingerprint density at radius 3 is 2.67 bits per heavy atom. The number of hydrogen-bond acceptors (Lipinski definition) is 4. The van der Waals surface area contributed by atoms with Crippen molar-refractivity contribution in [3.05, 3.63) is 0 Å². The summed E-state index contributed by atoms with van der Waals surface area (Å²) in [5.41, 5.74) is 10.1. The van der Waals surface area contributed by atoms with E-state index in [9.17, 15) is 4.79 Å². The Kier molecular flexibility index (Phi) is 4.89. The number of thioether (sulfide) groups is 1. The van der Waals surface area contributed by atoms with E-state index in [1.54, 1.807) is 6.92 Å². The van der Waals surface area contributed by atoms with Crippen molar-refractivity contribution >= 4 is 17.7 Å². The van der Waals surface area contributed by atoms with Crippen LogP contribution < -0.4 is 11.5 Å². The van der Waals surface area contributed by atoms with Gasteiger partial charge in [0.1, 0.15) is 0 Å². The largest absolute Gasteiger partial charge is 0.381 e. The molecule has 1 aliphatic heterocycles. The first-order valence-corrected chi connectivity index (χ1v) is 6.35. The van der Waals surface area contributed by atoms with Crippen LogP contribution in [0.3, 0.4) is 0 Å².